The Morgan fingerprint density at radius 2 is 0.435 bits per heavy atom. The summed E-state index contributed by atoms with van der Waals surface area (Å²) >= 11 is 0. The quantitative estimate of drug-likeness (QED) is 0.0273. The SMILES string of the molecule is CCCCC1=C(c2cc(C)c(C)c(C)c2)[N+](=[N-])C(c2cc(C)c(C)c(C)c2)=C1CCCC.[CH2-]CCCCCCCCCCCCCCCCCCCCCCCCC.[CH2-]CCCCCCCCCCCCCCCCCCCCCCCCC.[Ni+2]. The summed E-state index contributed by atoms with van der Waals surface area (Å²) in [5, 5.41) is 0. The zero-order valence-electron chi connectivity index (χ0n) is 59.1. The standard InChI is InChI=1S/C30H40N2.2C26H53.Ni/c1-9-11-13-27-28(14-12-10-2)30(26-17-21(5)24(8)22(6)18-26)32(31)29(27)25-15-19(3)23(7)20(4)16-25;2*1-3-5-7-9-11-13-15-17-19-21-23-25-26-24-22-20-18-16-14-12-10-8-6-4-2;/h15-18H,9-14H2,1-8H3;2*1,3-26H2,2H3;/q;2*-1;+2. The summed E-state index contributed by atoms with van der Waals surface area (Å²) < 4.78 is 1.52. The third-order valence-corrected chi connectivity index (χ3v) is 19.0. The average molecular weight is 1220 g/mol. The van der Waals surface area contributed by atoms with E-state index in [1.54, 1.807) is 0 Å². The summed E-state index contributed by atoms with van der Waals surface area (Å²) in [4.78, 5) is 0. The molecule has 0 aromatic heterocycles. The number of benzene rings is 2. The van der Waals surface area contributed by atoms with Crippen LogP contribution in [0.3, 0.4) is 0 Å². The van der Waals surface area contributed by atoms with Crippen molar-refractivity contribution in [3.8, 4) is 0 Å². The van der Waals surface area contributed by atoms with Gasteiger partial charge in [-0.2, -0.15) is 12.8 Å². The Labute approximate surface area is 544 Å². The summed E-state index contributed by atoms with van der Waals surface area (Å²) in [5.74, 6) is 0. The molecule has 0 N–H and O–H groups in total. The van der Waals surface area contributed by atoms with E-state index in [0.29, 0.717) is 0 Å². The number of nitrogens with zero attached hydrogens (tertiary/aromatic N) is 2. The second-order valence-electron chi connectivity index (χ2n) is 26.9. The number of allylic oxidation sites excluding steroid dienone is 2. The first-order chi connectivity index (χ1) is 41.0. The van der Waals surface area contributed by atoms with Gasteiger partial charge >= 0.3 is 16.5 Å². The normalized spacial score (nSPS) is 12.3. The summed E-state index contributed by atoms with van der Waals surface area (Å²) in [6.45, 7) is 30.0. The molecule has 0 spiro atoms. The molecular weight excluding hydrogens is 1070 g/mol. The van der Waals surface area contributed by atoms with E-state index in [1.165, 1.54) is 345 Å². The first-order valence-corrected chi connectivity index (χ1v) is 37.7. The van der Waals surface area contributed by atoms with Gasteiger partial charge in [0.1, 0.15) is 0 Å². The van der Waals surface area contributed by atoms with Crippen LogP contribution in [0.2, 0.25) is 0 Å². The van der Waals surface area contributed by atoms with Crippen LogP contribution in [0.25, 0.3) is 16.9 Å². The van der Waals surface area contributed by atoms with Crippen LogP contribution in [0.4, 0.5) is 0 Å². The van der Waals surface area contributed by atoms with Crippen molar-refractivity contribution in [3.05, 3.63) is 99.3 Å². The molecule has 2 aromatic rings. The van der Waals surface area contributed by atoms with Crippen molar-refractivity contribution in [2.45, 2.75) is 416 Å². The molecule has 3 heteroatoms. The van der Waals surface area contributed by atoms with E-state index in [2.05, 4.69) is 107 Å². The van der Waals surface area contributed by atoms with Crippen molar-refractivity contribution in [1.82, 2.24) is 0 Å². The molecular formula is C82H146N2Ni. The van der Waals surface area contributed by atoms with Gasteiger partial charge in [0.05, 0.1) is 0 Å². The van der Waals surface area contributed by atoms with Gasteiger partial charge in [-0.1, -0.05) is 336 Å². The zero-order valence-corrected chi connectivity index (χ0v) is 60.1. The Morgan fingerprint density at radius 3 is 0.600 bits per heavy atom. The summed E-state index contributed by atoms with van der Waals surface area (Å²) in [5.41, 5.74) is 26.4. The van der Waals surface area contributed by atoms with Crippen molar-refractivity contribution in [1.29, 1.82) is 0 Å². The maximum absolute atomic E-state index is 11.7. The van der Waals surface area contributed by atoms with Gasteiger partial charge in [0.2, 0.25) is 11.4 Å². The molecule has 1 aliphatic rings. The Hall–Kier alpha value is -1.99. The maximum atomic E-state index is 11.7. The smallest absolute Gasteiger partial charge is 0.493 e. The number of unbranched alkanes of at least 4 members (excludes halogenated alkanes) is 48. The molecule has 2 aromatic carbocycles. The fourth-order valence-electron chi connectivity index (χ4n) is 12.8. The van der Waals surface area contributed by atoms with E-state index in [0.717, 1.165) is 73.9 Å². The average Bonchev–Trinajstić information content (AvgIpc) is 2.41. The van der Waals surface area contributed by atoms with Crippen molar-refractivity contribution in [3.63, 3.8) is 0 Å². The number of aryl methyl sites for hydroxylation is 4. The molecule has 0 amide bonds. The van der Waals surface area contributed by atoms with E-state index in [-0.39, 0.29) is 16.5 Å². The summed E-state index contributed by atoms with van der Waals surface area (Å²) in [6.07, 6.45) is 76.1. The minimum absolute atomic E-state index is 0. The predicted octanol–water partition coefficient (Wildman–Crippen LogP) is 29.5. The topological polar surface area (TPSA) is 25.3 Å². The van der Waals surface area contributed by atoms with Gasteiger partial charge in [0.15, 0.2) is 0 Å². The van der Waals surface area contributed by atoms with E-state index >= 15 is 0 Å². The molecule has 0 saturated heterocycles. The number of hydrogen-bond donors (Lipinski definition) is 0. The summed E-state index contributed by atoms with van der Waals surface area (Å²) in [7, 11) is 0. The van der Waals surface area contributed by atoms with Gasteiger partial charge in [-0.05, 0) is 125 Å². The van der Waals surface area contributed by atoms with Crippen molar-refractivity contribution >= 4 is 11.4 Å². The van der Waals surface area contributed by atoms with Gasteiger partial charge in [-0.15, -0.1) is 0 Å². The van der Waals surface area contributed by atoms with Crippen LogP contribution in [-0.2, 0) is 16.5 Å². The van der Waals surface area contributed by atoms with Gasteiger partial charge in [-0.25, -0.2) is 4.70 Å². The Kier molecular flexibility index (Phi) is 58.2. The number of rotatable bonds is 54. The van der Waals surface area contributed by atoms with Crippen LogP contribution in [-0.4, -0.2) is 4.70 Å². The molecule has 85 heavy (non-hydrogen) atoms. The van der Waals surface area contributed by atoms with E-state index in [4.69, 9.17) is 0 Å². The largest absolute Gasteiger partial charge is 2.00 e. The molecule has 494 valence electrons. The maximum Gasteiger partial charge on any atom is 2.00 e. The van der Waals surface area contributed by atoms with Crippen molar-refractivity contribution in [2.75, 3.05) is 0 Å². The Balaban J connectivity index is 0.00000125. The van der Waals surface area contributed by atoms with Crippen LogP contribution in [0, 0.1) is 55.4 Å². The Morgan fingerprint density at radius 1 is 0.271 bits per heavy atom. The van der Waals surface area contributed by atoms with E-state index in [9.17, 15) is 5.53 Å². The Bertz CT molecular complexity index is 1690. The van der Waals surface area contributed by atoms with Gasteiger partial charge in [-0.3, -0.25) is 0 Å². The molecule has 0 atom stereocenters. The minimum atomic E-state index is 0. The fourth-order valence-corrected chi connectivity index (χ4v) is 12.8. The third-order valence-electron chi connectivity index (χ3n) is 19.0. The predicted molar refractivity (Wildman–Crippen MR) is 381 cm³/mol. The van der Waals surface area contributed by atoms with Crippen LogP contribution in [0.1, 0.15) is 419 Å². The molecule has 0 bridgehead atoms. The number of hydrogen-bond acceptors (Lipinski definition) is 0. The van der Waals surface area contributed by atoms with Crippen LogP contribution < -0.4 is 0 Å². The van der Waals surface area contributed by atoms with E-state index in [1.807, 2.05) is 0 Å². The van der Waals surface area contributed by atoms with Crippen LogP contribution >= 0.6 is 0 Å². The molecule has 0 fully saturated rings. The van der Waals surface area contributed by atoms with Gasteiger partial charge in [0, 0.05) is 22.3 Å². The molecule has 0 radical (unpaired) electrons. The monoisotopic (exact) mass is 1220 g/mol. The van der Waals surface area contributed by atoms with Crippen molar-refractivity contribution in [2.24, 2.45) is 0 Å². The minimum Gasteiger partial charge on any atom is -0.493 e. The van der Waals surface area contributed by atoms with Gasteiger partial charge in [0.25, 0.3) is 0 Å². The second-order valence-corrected chi connectivity index (χ2v) is 26.9. The molecule has 2 nitrogen and oxygen atoms in total. The van der Waals surface area contributed by atoms with Crippen LogP contribution in [0.15, 0.2) is 35.4 Å². The first-order valence-electron chi connectivity index (χ1n) is 37.7. The molecule has 0 aliphatic carbocycles. The molecule has 1 aliphatic heterocycles. The van der Waals surface area contributed by atoms with Gasteiger partial charge < -0.3 is 19.4 Å². The summed E-state index contributed by atoms with van der Waals surface area (Å²) in [6, 6.07) is 9.00. The molecule has 3 rings (SSSR count). The third kappa shape index (κ3) is 41.8. The van der Waals surface area contributed by atoms with E-state index < -0.39 is 0 Å². The molecule has 0 saturated carbocycles. The first kappa shape index (κ1) is 83.0. The molecule has 1 heterocycles. The molecule has 0 unspecified atom stereocenters. The fraction of sp³-hybridized carbons (Fsp3) is 0.780. The van der Waals surface area contributed by atoms with Crippen LogP contribution in [0.5, 0.6) is 0 Å². The zero-order chi connectivity index (χ0) is 61.5. The second kappa shape index (κ2) is 59.6. The van der Waals surface area contributed by atoms with Crippen molar-refractivity contribution < 1.29 is 21.2 Å².